The highest BCUT2D eigenvalue weighted by Crippen LogP contribution is 2.35. The Labute approximate surface area is 183 Å². The summed E-state index contributed by atoms with van der Waals surface area (Å²) in [5, 5.41) is 8.75. The smallest absolute Gasteiger partial charge is 0.341 e. The predicted molar refractivity (Wildman–Crippen MR) is 118 cm³/mol. The maximum absolute atomic E-state index is 12.9. The molecule has 0 aliphatic carbocycles. The van der Waals surface area contributed by atoms with E-state index in [-0.39, 0.29) is 5.91 Å². The molecule has 0 aromatic heterocycles. The van der Waals surface area contributed by atoms with Gasteiger partial charge in [-0.05, 0) is 41.5 Å². The summed E-state index contributed by atoms with van der Waals surface area (Å²) in [5.41, 5.74) is 1.65. The molecule has 156 valence electrons. The van der Waals surface area contributed by atoms with Crippen LogP contribution in [0.15, 0.2) is 47.4 Å². The lowest BCUT2D eigenvalue weighted by molar-refractivity contribution is -0.139. The minimum Gasteiger partial charge on any atom is -0.497 e. The van der Waals surface area contributed by atoms with Crippen molar-refractivity contribution in [3.63, 3.8) is 0 Å². The molecule has 0 bridgehead atoms. The van der Waals surface area contributed by atoms with Crippen LogP contribution in [0.25, 0.3) is 6.08 Å². The van der Waals surface area contributed by atoms with Gasteiger partial charge in [0.05, 0.1) is 25.7 Å². The molecule has 0 spiro atoms. The Morgan fingerprint density at radius 1 is 1.13 bits per heavy atom. The van der Waals surface area contributed by atoms with E-state index >= 15 is 0 Å². The molecule has 1 fully saturated rings. The second-order valence-electron chi connectivity index (χ2n) is 6.21. The summed E-state index contributed by atoms with van der Waals surface area (Å²) in [6.45, 7) is -0.100. The number of carbonyl (C=O) groups excluding carboxylic acids is 1. The number of hydrogen-bond acceptors (Lipinski definition) is 7. The molecule has 30 heavy (non-hydrogen) atoms. The number of carboxylic acid groups (broad SMARTS) is 1. The second-order valence-corrected chi connectivity index (χ2v) is 7.88. The number of carbonyl (C=O) groups is 2. The van der Waals surface area contributed by atoms with E-state index < -0.39 is 12.6 Å². The minimum atomic E-state index is -1.08. The second kappa shape index (κ2) is 9.64. The Kier molecular flexibility index (Phi) is 6.96. The molecule has 9 heteroatoms. The van der Waals surface area contributed by atoms with Gasteiger partial charge in [-0.15, -0.1) is 0 Å². The number of thiocarbonyl (C=S) groups is 1. The summed E-state index contributed by atoms with van der Waals surface area (Å²) in [6.07, 6.45) is 1.72. The van der Waals surface area contributed by atoms with Crippen LogP contribution in [0.4, 0.5) is 0 Å². The molecule has 7 nitrogen and oxygen atoms in total. The zero-order chi connectivity index (χ0) is 21.7. The van der Waals surface area contributed by atoms with Crippen LogP contribution in [0.2, 0.25) is 0 Å². The third-order valence-electron chi connectivity index (χ3n) is 4.21. The van der Waals surface area contributed by atoms with E-state index in [4.69, 9.17) is 31.5 Å². The van der Waals surface area contributed by atoms with E-state index in [0.717, 1.165) is 11.3 Å². The molecule has 2 aromatic rings. The maximum atomic E-state index is 12.9. The van der Waals surface area contributed by atoms with Crippen LogP contribution in [0.3, 0.4) is 0 Å². The molecule has 1 aliphatic heterocycles. The van der Waals surface area contributed by atoms with Crippen molar-refractivity contribution in [3.8, 4) is 17.2 Å². The normalized spacial score (nSPS) is 14.9. The van der Waals surface area contributed by atoms with Crippen LogP contribution in [-0.4, -0.2) is 47.0 Å². The first-order chi connectivity index (χ1) is 14.4. The molecule has 0 radical (unpaired) electrons. The van der Waals surface area contributed by atoms with Crippen LogP contribution in [-0.2, 0) is 16.1 Å². The molecule has 0 unspecified atom stereocenters. The first kappa shape index (κ1) is 21.7. The standard InChI is InChI=1S/C21H19NO6S2/c1-26-15-6-3-13(4-7-15)11-22-20(25)18(30-21(22)29)10-14-5-8-16(17(9-14)27-2)28-12-19(23)24/h3-10H,11-12H2,1-2H3,(H,23,24). The van der Waals surface area contributed by atoms with E-state index in [1.807, 2.05) is 24.3 Å². The van der Waals surface area contributed by atoms with Gasteiger partial charge in [0.15, 0.2) is 18.1 Å². The van der Waals surface area contributed by atoms with Gasteiger partial charge in [-0.1, -0.05) is 42.2 Å². The monoisotopic (exact) mass is 445 g/mol. The average molecular weight is 446 g/mol. The van der Waals surface area contributed by atoms with Crippen LogP contribution in [0, 0.1) is 0 Å². The highest BCUT2D eigenvalue weighted by molar-refractivity contribution is 8.26. The molecule has 1 heterocycles. The predicted octanol–water partition coefficient (Wildman–Crippen LogP) is 3.57. The fourth-order valence-electron chi connectivity index (χ4n) is 2.73. The highest BCUT2D eigenvalue weighted by atomic mass is 32.2. The summed E-state index contributed by atoms with van der Waals surface area (Å²) in [5.74, 6) is 0.171. The fraction of sp³-hybridized carbons (Fsp3) is 0.190. The first-order valence-corrected chi connectivity index (χ1v) is 10.0. The Bertz CT molecular complexity index is 1000. The van der Waals surface area contributed by atoms with E-state index in [0.29, 0.717) is 32.8 Å². The third kappa shape index (κ3) is 5.11. The van der Waals surface area contributed by atoms with Crippen molar-refractivity contribution < 1.29 is 28.9 Å². The van der Waals surface area contributed by atoms with Crippen molar-refractivity contribution in [3.05, 3.63) is 58.5 Å². The van der Waals surface area contributed by atoms with Crippen molar-refractivity contribution in [2.45, 2.75) is 6.54 Å². The fourth-order valence-corrected chi connectivity index (χ4v) is 3.99. The van der Waals surface area contributed by atoms with E-state index in [1.54, 1.807) is 36.3 Å². The largest absolute Gasteiger partial charge is 0.497 e. The number of thioether (sulfide) groups is 1. The van der Waals surface area contributed by atoms with Gasteiger partial charge >= 0.3 is 5.97 Å². The number of nitrogens with zero attached hydrogens (tertiary/aromatic N) is 1. The van der Waals surface area contributed by atoms with E-state index in [1.165, 1.54) is 18.9 Å². The molecule has 2 aromatic carbocycles. The van der Waals surface area contributed by atoms with Gasteiger partial charge in [0.1, 0.15) is 10.1 Å². The van der Waals surface area contributed by atoms with Crippen LogP contribution in [0.1, 0.15) is 11.1 Å². The van der Waals surface area contributed by atoms with Gasteiger partial charge in [-0.2, -0.15) is 0 Å². The number of methoxy groups -OCH3 is 2. The number of ether oxygens (including phenoxy) is 3. The molecule has 1 N–H and O–H groups in total. The van der Waals surface area contributed by atoms with Crippen LogP contribution >= 0.6 is 24.0 Å². The molecule has 1 saturated heterocycles. The van der Waals surface area contributed by atoms with Gasteiger partial charge in [0.2, 0.25) is 0 Å². The minimum absolute atomic E-state index is 0.175. The molecule has 0 saturated carbocycles. The van der Waals surface area contributed by atoms with Gasteiger partial charge in [0.25, 0.3) is 5.91 Å². The Morgan fingerprint density at radius 3 is 2.50 bits per heavy atom. The summed E-state index contributed by atoms with van der Waals surface area (Å²) in [7, 11) is 3.06. The number of benzene rings is 2. The number of hydrogen-bond donors (Lipinski definition) is 1. The Hall–Kier alpha value is -3.04. The van der Waals surface area contributed by atoms with Crippen molar-refractivity contribution >= 4 is 46.3 Å². The lowest BCUT2D eigenvalue weighted by Gasteiger charge is -2.14. The molecular weight excluding hydrogens is 426 g/mol. The van der Waals surface area contributed by atoms with Crippen molar-refractivity contribution in [2.24, 2.45) is 0 Å². The van der Waals surface area contributed by atoms with Crippen molar-refractivity contribution in [2.75, 3.05) is 20.8 Å². The van der Waals surface area contributed by atoms with Crippen LogP contribution < -0.4 is 14.2 Å². The van der Waals surface area contributed by atoms with Gasteiger partial charge in [-0.3, -0.25) is 9.69 Å². The summed E-state index contributed by atoms with van der Waals surface area (Å²) in [6, 6.07) is 12.4. The van der Waals surface area contributed by atoms with Crippen molar-refractivity contribution in [1.29, 1.82) is 0 Å². The maximum Gasteiger partial charge on any atom is 0.341 e. The molecule has 1 aliphatic rings. The molecule has 0 atom stereocenters. The lowest BCUT2D eigenvalue weighted by Crippen LogP contribution is -2.27. The zero-order valence-corrected chi connectivity index (χ0v) is 17.9. The number of aliphatic carboxylic acids is 1. The summed E-state index contributed by atoms with van der Waals surface area (Å²) < 4.78 is 16.1. The number of amides is 1. The average Bonchev–Trinajstić information content (AvgIpc) is 3.00. The number of carboxylic acids is 1. The molecule has 1 amide bonds. The van der Waals surface area contributed by atoms with E-state index in [2.05, 4.69) is 0 Å². The highest BCUT2D eigenvalue weighted by Gasteiger charge is 2.32. The molecular formula is C21H19NO6S2. The Balaban J connectivity index is 1.76. The number of rotatable bonds is 8. The third-order valence-corrected chi connectivity index (χ3v) is 5.59. The quantitative estimate of drug-likeness (QED) is 0.488. The van der Waals surface area contributed by atoms with Crippen LogP contribution in [0.5, 0.6) is 17.2 Å². The molecule has 3 rings (SSSR count). The van der Waals surface area contributed by atoms with Gasteiger partial charge < -0.3 is 19.3 Å². The lowest BCUT2D eigenvalue weighted by atomic mass is 10.1. The topological polar surface area (TPSA) is 85.3 Å². The Morgan fingerprint density at radius 2 is 1.87 bits per heavy atom. The summed E-state index contributed by atoms with van der Waals surface area (Å²) in [4.78, 5) is 25.6. The first-order valence-electron chi connectivity index (χ1n) is 8.82. The summed E-state index contributed by atoms with van der Waals surface area (Å²) >= 11 is 6.62. The van der Waals surface area contributed by atoms with Crippen molar-refractivity contribution in [1.82, 2.24) is 4.90 Å². The van der Waals surface area contributed by atoms with E-state index in [9.17, 15) is 9.59 Å². The zero-order valence-electron chi connectivity index (χ0n) is 16.3. The van der Waals surface area contributed by atoms with Gasteiger partial charge in [-0.25, -0.2) is 4.79 Å². The van der Waals surface area contributed by atoms with Gasteiger partial charge in [0, 0.05) is 0 Å². The SMILES string of the molecule is COc1ccc(CN2C(=O)C(=Cc3ccc(OCC(=O)O)c(OC)c3)SC2=S)cc1.